The lowest BCUT2D eigenvalue weighted by Crippen LogP contribution is -2.40. The minimum Gasteiger partial charge on any atom is -0.493 e. The third kappa shape index (κ3) is 4.52. The molecule has 32 heavy (non-hydrogen) atoms. The number of para-hydroxylation sites is 2. The zero-order chi connectivity index (χ0) is 22.7. The molecule has 0 spiro atoms. The van der Waals surface area contributed by atoms with E-state index < -0.39 is 0 Å². The molecule has 2 aromatic carbocycles. The molecule has 170 valence electrons. The van der Waals surface area contributed by atoms with Crippen molar-refractivity contribution in [3.05, 3.63) is 58.5 Å². The highest BCUT2D eigenvalue weighted by Crippen LogP contribution is 2.30. The van der Waals surface area contributed by atoms with Crippen LogP contribution in [0.2, 0.25) is 0 Å². The molecule has 7 heteroatoms. The predicted octanol–water partition coefficient (Wildman–Crippen LogP) is 4.24. The molecule has 1 amide bonds. The van der Waals surface area contributed by atoms with Crippen LogP contribution in [-0.4, -0.2) is 47.2 Å². The van der Waals surface area contributed by atoms with Crippen molar-refractivity contribution in [2.45, 2.75) is 39.2 Å². The number of benzene rings is 2. The van der Waals surface area contributed by atoms with Crippen molar-refractivity contribution in [3.63, 3.8) is 0 Å². The first-order chi connectivity index (χ1) is 15.5. The molecule has 2 heterocycles. The van der Waals surface area contributed by atoms with Gasteiger partial charge >= 0.3 is 5.69 Å². The number of hydrogen-bond acceptors (Lipinski definition) is 4. The van der Waals surface area contributed by atoms with Gasteiger partial charge in [0.05, 0.1) is 24.8 Å². The number of aromatic nitrogens is 2. The quantitative estimate of drug-likeness (QED) is 0.600. The van der Waals surface area contributed by atoms with Crippen LogP contribution in [0.5, 0.6) is 11.5 Å². The second-order valence-corrected chi connectivity index (χ2v) is 8.74. The van der Waals surface area contributed by atoms with Crippen molar-refractivity contribution in [3.8, 4) is 11.5 Å². The molecule has 0 unspecified atom stereocenters. The van der Waals surface area contributed by atoms with Gasteiger partial charge in [0.2, 0.25) is 0 Å². The third-order valence-electron chi connectivity index (χ3n) is 6.10. The Kier molecular flexibility index (Phi) is 6.53. The van der Waals surface area contributed by atoms with E-state index in [9.17, 15) is 9.59 Å². The van der Waals surface area contributed by atoms with Crippen LogP contribution in [0.1, 0.15) is 49.5 Å². The molecule has 0 saturated carbocycles. The van der Waals surface area contributed by atoms with Crippen molar-refractivity contribution in [2.75, 3.05) is 26.8 Å². The number of likely N-dealkylation sites (tertiary alicyclic amines) is 1. The van der Waals surface area contributed by atoms with Crippen LogP contribution in [0.15, 0.2) is 47.3 Å². The lowest BCUT2D eigenvalue weighted by Gasteiger charge is -2.32. The average molecular weight is 438 g/mol. The van der Waals surface area contributed by atoms with Gasteiger partial charge in [0, 0.05) is 24.7 Å². The van der Waals surface area contributed by atoms with Crippen LogP contribution < -0.4 is 15.2 Å². The fourth-order valence-corrected chi connectivity index (χ4v) is 4.27. The maximum absolute atomic E-state index is 13.1. The molecule has 0 bridgehead atoms. The molecule has 1 aromatic heterocycles. The Morgan fingerprint density at radius 2 is 1.88 bits per heavy atom. The number of piperidine rings is 1. The van der Waals surface area contributed by atoms with Crippen molar-refractivity contribution in [1.29, 1.82) is 0 Å². The molecular formula is C25H31N3O4. The molecule has 0 radical (unpaired) electrons. The number of ether oxygens (including phenoxy) is 2. The average Bonchev–Trinajstić information content (AvgIpc) is 3.14. The molecular weight excluding hydrogens is 406 g/mol. The van der Waals surface area contributed by atoms with E-state index in [0.717, 1.165) is 30.3 Å². The molecule has 1 N–H and O–H groups in total. The summed E-state index contributed by atoms with van der Waals surface area (Å²) in [6.45, 7) is 6.12. The maximum atomic E-state index is 13.1. The van der Waals surface area contributed by atoms with E-state index >= 15 is 0 Å². The number of nitrogens with zero attached hydrogens (tertiary/aromatic N) is 2. The van der Waals surface area contributed by atoms with Crippen LogP contribution in [0.3, 0.4) is 0 Å². The first-order valence-electron chi connectivity index (χ1n) is 11.3. The number of amides is 1. The van der Waals surface area contributed by atoms with E-state index in [2.05, 4.69) is 18.8 Å². The largest absolute Gasteiger partial charge is 0.493 e. The summed E-state index contributed by atoms with van der Waals surface area (Å²) in [7, 11) is 1.59. The van der Waals surface area contributed by atoms with Crippen molar-refractivity contribution < 1.29 is 14.3 Å². The Morgan fingerprint density at radius 1 is 1.12 bits per heavy atom. The Hall–Kier alpha value is -3.22. The summed E-state index contributed by atoms with van der Waals surface area (Å²) in [6.07, 6.45) is 2.43. The predicted molar refractivity (Wildman–Crippen MR) is 125 cm³/mol. The van der Waals surface area contributed by atoms with Crippen molar-refractivity contribution >= 4 is 16.9 Å². The standard InChI is InChI=1S/C25H31N3O4/c1-17(2)12-15-32-22-9-8-18(16-23(22)31-3)24(29)27-13-10-19(11-14-27)28-21-7-5-4-6-20(21)26-25(28)30/h4-9,16-17,19H,10-15H2,1-3H3,(H,26,30). The minimum atomic E-state index is -0.0891. The molecule has 4 rings (SSSR count). The highest BCUT2D eigenvalue weighted by molar-refractivity contribution is 5.95. The van der Waals surface area contributed by atoms with E-state index in [4.69, 9.17) is 9.47 Å². The lowest BCUT2D eigenvalue weighted by atomic mass is 10.0. The van der Waals surface area contributed by atoms with E-state index in [1.807, 2.05) is 39.8 Å². The normalized spacial score (nSPS) is 14.8. The number of aromatic amines is 1. The summed E-state index contributed by atoms with van der Waals surface area (Å²) in [4.78, 5) is 30.4. The zero-order valence-electron chi connectivity index (χ0n) is 19.0. The number of nitrogens with one attached hydrogen (secondary N) is 1. The van der Waals surface area contributed by atoms with Crippen LogP contribution >= 0.6 is 0 Å². The summed E-state index contributed by atoms with van der Waals surface area (Å²) in [6, 6.07) is 13.2. The molecule has 1 aliphatic rings. The third-order valence-corrected chi connectivity index (χ3v) is 6.10. The highest BCUT2D eigenvalue weighted by atomic mass is 16.5. The minimum absolute atomic E-state index is 0.0262. The van der Waals surface area contributed by atoms with Gasteiger partial charge in [-0.1, -0.05) is 26.0 Å². The van der Waals surface area contributed by atoms with Crippen LogP contribution in [-0.2, 0) is 0 Å². The van der Waals surface area contributed by atoms with Crippen LogP contribution in [0.4, 0.5) is 0 Å². The summed E-state index contributed by atoms with van der Waals surface area (Å²) in [5.41, 5.74) is 2.26. The fraction of sp³-hybridized carbons (Fsp3) is 0.440. The van der Waals surface area contributed by atoms with Crippen LogP contribution in [0, 0.1) is 5.92 Å². The van der Waals surface area contributed by atoms with Gasteiger partial charge in [-0.25, -0.2) is 4.79 Å². The number of fused-ring (bicyclic) bond motifs is 1. The van der Waals surface area contributed by atoms with Gasteiger partial charge in [-0.15, -0.1) is 0 Å². The van der Waals surface area contributed by atoms with Crippen LogP contribution in [0.25, 0.3) is 11.0 Å². The van der Waals surface area contributed by atoms with Gasteiger partial charge in [-0.2, -0.15) is 0 Å². The number of carbonyl (C=O) groups is 1. The Labute approximate surface area is 187 Å². The number of hydrogen-bond donors (Lipinski definition) is 1. The van der Waals surface area contributed by atoms with Gasteiger partial charge in [0.1, 0.15) is 0 Å². The molecule has 3 aromatic rings. The highest BCUT2D eigenvalue weighted by Gasteiger charge is 2.27. The van der Waals surface area contributed by atoms with Crippen molar-refractivity contribution in [2.24, 2.45) is 5.92 Å². The van der Waals surface area contributed by atoms with Gasteiger partial charge < -0.3 is 19.4 Å². The van der Waals surface area contributed by atoms with Gasteiger partial charge in [0.25, 0.3) is 5.91 Å². The fourth-order valence-electron chi connectivity index (χ4n) is 4.27. The Bertz CT molecular complexity index is 1140. The van der Waals surface area contributed by atoms with Gasteiger partial charge in [-0.05, 0) is 55.5 Å². The van der Waals surface area contributed by atoms with Gasteiger partial charge in [-0.3, -0.25) is 9.36 Å². The van der Waals surface area contributed by atoms with E-state index in [1.54, 1.807) is 19.2 Å². The zero-order valence-corrected chi connectivity index (χ0v) is 19.0. The second-order valence-electron chi connectivity index (χ2n) is 8.74. The summed E-state index contributed by atoms with van der Waals surface area (Å²) < 4.78 is 13.1. The molecule has 7 nitrogen and oxygen atoms in total. The van der Waals surface area contributed by atoms with E-state index in [-0.39, 0.29) is 17.6 Å². The Morgan fingerprint density at radius 3 is 2.59 bits per heavy atom. The maximum Gasteiger partial charge on any atom is 0.326 e. The summed E-state index contributed by atoms with van der Waals surface area (Å²) in [5, 5.41) is 0. The number of methoxy groups -OCH3 is 1. The molecule has 0 aliphatic carbocycles. The summed E-state index contributed by atoms with van der Waals surface area (Å²) >= 11 is 0. The first-order valence-corrected chi connectivity index (χ1v) is 11.3. The molecule has 1 saturated heterocycles. The van der Waals surface area contributed by atoms with Crippen molar-refractivity contribution in [1.82, 2.24) is 14.5 Å². The molecule has 1 fully saturated rings. The Balaban J connectivity index is 1.43. The lowest BCUT2D eigenvalue weighted by molar-refractivity contribution is 0.0694. The first kappa shape index (κ1) is 22.0. The number of imidazole rings is 1. The SMILES string of the molecule is COc1cc(C(=O)N2CCC(n3c(=O)[nH]c4ccccc43)CC2)ccc1OCCC(C)C. The second kappa shape index (κ2) is 9.51. The topological polar surface area (TPSA) is 76.6 Å². The smallest absolute Gasteiger partial charge is 0.326 e. The van der Waals surface area contributed by atoms with E-state index in [0.29, 0.717) is 42.7 Å². The summed E-state index contributed by atoms with van der Waals surface area (Å²) in [5.74, 6) is 1.76. The molecule has 0 atom stereocenters. The number of rotatable bonds is 7. The number of H-pyrrole nitrogens is 1. The molecule has 1 aliphatic heterocycles. The number of carbonyl (C=O) groups excluding carboxylic acids is 1. The van der Waals surface area contributed by atoms with Gasteiger partial charge in [0.15, 0.2) is 11.5 Å². The monoisotopic (exact) mass is 437 g/mol. The van der Waals surface area contributed by atoms with E-state index in [1.165, 1.54) is 0 Å².